The van der Waals surface area contributed by atoms with Crippen LogP contribution in [0.4, 0.5) is 0 Å². The number of nitrogens with zero attached hydrogens (tertiary/aromatic N) is 2. The molecule has 102 valence electrons. The lowest BCUT2D eigenvalue weighted by Crippen LogP contribution is -2.42. The molecule has 1 atom stereocenters. The van der Waals surface area contributed by atoms with Crippen molar-refractivity contribution < 1.29 is 14.3 Å². The van der Waals surface area contributed by atoms with Crippen molar-refractivity contribution in [2.75, 3.05) is 20.2 Å². The highest BCUT2D eigenvalue weighted by Gasteiger charge is 2.29. The zero-order chi connectivity index (χ0) is 13.8. The quantitative estimate of drug-likeness (QED) is 0.778. The Hall–Kier alpha value is -1.43. The highest BCUT2D eigenvalue weighted by Crippen LogP contribution is 2.20. The summed E-state index contributed by atoms with van der Waals surface area (Å²) in [5.74, 6) is -0.560. The molecule has 0 bridgehead atoms. The topological polar surface area (TPSA) is 59.5 Å². The van der Waals surface area contributed by atoms with Gasteiger partial charge < -0.3 is 9.64 Å². The van der Waals surface area contributed by atoms with Gasteiger partial charge in [-0.3, -0.25) is 14.6 Å². The number of pyridine rings is 1. The number of hydrogen-bond donors (Lipinski definition) is 0. The van der Waals surface area contributed by atoms with Crippen molar-refractivity contribution in [1.82, 2.24) is 9.88 Å². The minimum absolute atomic E-state index is 0.0950. The second-order valence-electron chi connectivity index (χ2n) is 4.51. The maximum absolute atomic E-state index is 12.3. The molecule has 2 heterocycles. The molecule has 1 amide bonds. The van der Waals surface area contributed by atoms with E-state index in [-0.39, 0.29) is 17.8 Å². The lowest BCUT2D eigenvalue weighted by Gasteiger charge is -2.31. The first-order chi connectivity index (χ1) is 9.11. The van der Waals surface area contributed by atoms with E-state index in [0.717, 1.165) is 17.3 Å². The first-order valence-electron chi connectivity index (χ1n) is 6.09. The Labute approximate surface area is 120 Å². The van der Waals surface area contributed by atoms with Gasteiger partial charge in [0.2, 0.25) is 0 Å². The number of aromatic nitrogens is 1. The molecule has 0 radical (unpaired) electrons. The van der Waals surface area contributed by atoms with Crippen LogP contribution in [0.2, 0.25) is 0 Å². The van der Waals surface area contributed by atoms with E-state index >= 15 is 0 Å². The number of hydrogen-bond acceptors (Lipinski definition) is 4. The van der Waals surface area contributed by atoms with Crippen LogP contribution in [0.5, 0.6) is 0 Å². The van der Waals surface area contributed by atoms with Gasteiger partial charge in [0.05, 0.1) is 18.6 Å². The van der Waals surface area contributed by atoms with E-state index in [4.69, 9.17) is 4.74 Å². The van der Waals surface area contributed by atoms with Crippen LogP contribution < -0.4 is 0 Å². The second kappa shape index (κ2) is 6.14. The Morgan fingerprint density at radius 3 is 2.95 bits per heavy atom. The van der Waals surface area contributed by atoms with E-state index in [1.165, 1.54) is 13.3 Å². The van der Waals surface area contributed by atoms with Crippen LogP contribution in [0.25, 0.3) is 0 Å². The molecule has 5 nitrogen and oxygen atoms in total. The van der Waals surface area contributed by atoms with Crippen molar-refractivity contribution in [1.29, 1.82) is 0 Å². The first-order valence-corrected chi connectivity index (χ1v) is 6.88. The zero-order valence-electron chi connectivity index (χ0n) is 10.6. The van der Waals surface area contributed by atoms with Crippen molar-refractivity contribution >= 4 is 27.8 Å². The molecule has 0 aliphatic carbocycles. The van der Waals surface area contributed by atoms with E-state index in [1.807, 2.05) is 0 Å². The Morgan fingerprint density at radius 1 is 1.47 bits per heavy atom. The summed E-state index contributed by atoms with van der Waals surface area (Å²) in [5.41, 5.74) is 0.528. The molecule has 2 rings (SSSR count). The predicted molar refractivity (Wildman–Crippen MR) is 72.6 cm³/mol. The van der Waals surface area contributed by atoms with Crippen molar-refractivity contribution in [3.63, 3.8) is 0 Å². The Kier molecular flexibility index (Phi) is 4.52. The maximum atomic E-state index is 12.3. The molecule has 0 unspecified atom stereocenters. The van der Waals surface area contributed by atoms with Crippen LogP contribution in [-0.2, 0) is 9.53 Å². The molecule has 0 spiro atoms. The molecule has 0 aromatic carbocycles. The van der Waals surface area contributed by atoms with Crippen LogP contribution in [0.3, 0.4) is 0 Å². The Morgan fingerprint density at radius 2 is 2.26 bits per heavy atom. The molecule has 0 N–H and O–H groups in total. The third kappa shape index (κ3) is 3.32. The monoisotopic (exact) mass is 326 g/mol. The number of carbonyl (C=O) groups is 2. The molecule has 19 heavy (non-hydrogen) atoms. The molecule has 1 aliphatic rings. The lowest BCUT2D eigenvalue weighted by molar-refractivity contribution is -0.146. The fraction of sp³-hybridized carbons (Fsp3) is 0.462. The van der Waals surface area contributed by atoms with Crippen molar-refractivity contribution in [2.24, 2.45) is 5.92 Å². The number of carbonyl (C=O) groups excluding carboxylic acids is 2. The zero-order valence-corrected chi connectivity index (χ0v) is 12.2. The van der Waals surface area contributed by atoms with Gasteiger partial charge in [-0.1, -0.05) is 0 Å². The van der Waals surface area contributed by atoms with Gasteiger partial charge in [0.15, 0.2) is 0 Å². The maximum Gasteiger partial charge on any atom is 0.310 e. The molecule has 1 saturated heterocycles. The van der Waals surface area contributed by atoms with Crippen LogP contribution in [-0.4, -0.2) is 42.0 Å². The first kappa shape index (κ1) is 14.0. The van der Waals surface area contributed by atoms with Gasteiger partial charge in [0.25, 0.3) is 5.91 Å². The van der Waals surface area contributed by atoms with Gasteiger partial charge in [-0.2, -0.15) is 0 Å². The SMILES string of the molecule is COC(=O)[C@H]1CCCN(C(=O)c2cncc(Br)c2)C1. The lowest BCUT2D eigenvalue weighted by atomic mass is 9.97. The second-order valence-corrected chi connectivity index (χ2v) is 5.42. The van der Waals surface area contributed by atoms with Crippen molar-refractivity contribution in [3.05, 3.63) is 28.5 Å². The summed E-state index contributed by atoms with van der Waals surface area (Å²) in [5, 5.41) is 0. The molecule has 0 saturated carbocycles. The smallest absolute Gasteiger partial charge is 0.310 e. The number of methoxy groups -OCH3 is 1. The van der Waals surface area contributed by atoms with E-state index in [1.54, 1.807) is 17.2 Å². The van der Waals surface area contributed by atoms with Crippen molar-refractivity contribution in [3.8, 4) is 0 Å². The molecule has 1 aromatic rings. The molecular formula is C13H15BrN2O3. The van der Waals surface area contributed by atoms with Gasteiger partial charge in [0, 0.05) is 30.0 Å². The third-order valence-corrected chi connectivity index (χ3v) is 3.63. The van der Waals surface area contributed by atoms with Crippen molar-refractivity contribution in [2.45, 2.75) is 12.8 Å². The van der Waals surface area contributed by atoms with E-state index < -0.39 is 0 Å². The summed E-state index contributed by atoms with van der Waals surface area (Å²) < 4.78 is 5.51. The molecular weight excluding hydrogens is 312 g/mol. The largest absolute Gasteiger partial charge is 0.469 e. The Balaban J connectivity index is 2.09. The number of likely N-dealkylation sites (tertiary alicyclic amines) is 1. The van der Waals surface area contributed by atoms with Crippen LogP contribution in [0.15, 0.2) is 22.9 Å². The number of amides is 1. The molecule has 6 heteroatoms. The third-order valence-electron chi connectivity index (χ3n) is 3.19. The number of esters is 1. The van der Waals surface area contributed by atoms with E-state index in [2.05, 4.69) is 20.9 Å². The minimum atomic E-state index is -0.245. The average molecular weight is 327 g/mol. The summed E-state index contributed by atoms with van der Waals surface area (Å²) in [6, 6.07) is 1.73. The number of halogens is 1. The van der Waals surface area contributed by atoms with Gasteiger partial charge in [-0.15, -0.1) is 0 Å². The predicted octanol–water partition coefficient (Wildman–Crippen LogP) is 1.87. The van der Waals surface area contributed by atoms with Gasteiger partial charge >= 0.3 is 5.97 Å². The fourth-order valence-electron chi connectivity index (χ4n) is 2.23. The average Bonchev–Trinajstić information content (AvgIpc) is 2.45. The standard InChI is InChI=1S/C13H15BrN2O3/c1-19-13(18)9-3-2-4-16(8-9)12(17)10-5-11(14)7-15-6-10/h5-7,9H,2-4,8H2,1H3/t9-/m0/s1. The minimum Gasteiger partial charge on any atom is -0.469 e. The van der Waals surface area contributed by atoms with E-state index in [9.17, 15) is 9.59 Å². The summed E-state index contributed by atoms with van der Waals surface area (Å²) >= 11 is 3.29. The number of piperidine rings is 1. The summed E-state index contributed by atoms with van der Waals surface area (Å²) in [6.07, 6.45) is 4.75. The van der Waals surface area contributed by atoms with Crippen LogP contribution in [0.1, 0.15) is 23.2 Å². The summed E-state index contributed by atoms with van der Waals surface area (Å²) in [4.78, 5) is 29.5. The van der Waals surface area contributed by atoms with Gasteiger partial charge in [0.1, 0.15) is 0 Å². The summed E-state index contributed by atoms with van der Waals surface area (Å²) in [7, 11) is 1.38. The number of ether oxygens (including phenoxy) is 1. The molecule has 1 aliphatic heterocycles. The van der Waals surface area contributed by atoms with Gasteiger partial charge in [-0.05, 0) is 34.8 Å². The number of rotatable bonds is 2. The summed E-state index contributed by atoms with van der Waals surface area (Å²) in [6.45, 7) is 1.08. The normalized spacial score (nSPS) is 19.1. The molecule has 1 fully saturated rings. The van der Waals surface area contributed by atoms with Crippen LogP contribution in [0, 0.1) is 5.92 Å². The Bertz CT molecular complexity index is 493. The highest BCUT2D eigenvalue weighted by atomic mass is 79.9. The van der Waals surface area contributed by atoms with Crippen LogP contribution >= 0.6 is 15.9 Å². The molecule has 1 aromatic heterocycles. The van der Waals surface area contributed by atoms with Gasteiger partial charge in [-0.25, -0.2) is 0 Å². The fourth-order valence-corrected chi connectivity index (χ4v) is 2.60. The van der Waals surface area contributed by atoms with E-state index in [0.29, 0.717) is 18.7 Å². The highest BCUT2D eigenvalue weighted by molar-refractivity contribution is 9.10.